The average molecular weight is 410 g/mol. The summed E-state index contributed by atoms with van der Waals surface area (Å²) in [6, 6.07) is 15.3. The molecule has 6 heteroatoms. The summed E-state index contributed by atoms with van der Waals surface area (Å²) >= 11 is 1.29. The summed E-state index contributed by atoms with van der Waals surface area (Å²) in [6.45, 7) is 5.81. The second kappa shape index (κ2) is 9.39. The minimum absolute atomic E-state index is 0.149. The Morgan fingerprint density at radius 3 is 2.38 bits per heavy atom. The lowest BCUT2D eigenvalue weighted by molar-refractivity contribution is -0.118. The van der Waals surface area contributed by atoms with E-state index in [9.17, 15) is 9.59 Å². The normalized spacial score (nSPS) is 10.4. The molecule has 0 radical (unpaired) electrons. The van der Waals surface area contributed by atoms with Gasteiger partial charge in [0.25, 0.3) is 5.91 Å². The Morgan fingerprint density at radius 2 is 1.72 bits per heavy atom. The van der Waals surface area contributed by atoms with Crippen LogP contribution >= 0.6 is 11.3 Å². The van der Waals surface area contributed by atoms with Gasteiger partial charge in [-0.3, -0.25) is 4.79 Å². The van der Waals surface area contributed by atoms with E-state index >= 15 is 0 Å². The number of carbonyl (C=O) groups is 2. The van der Waals surface area contributed by atoms with Gasteiger partial charge in [0.2, 0.25) is 0 Å². The molecule has 3 rings (SSSR count). The van der Waals surface area contributed by atoms with Crippen LogP contribution in [0.2, 0.25) is 0 Å². The fourth-order valence-corrected chi connectivity index (χ4v) is 3.99. The minimum atomic E-state index is -0.460. The molecule has 1 amide bonds. The maximum Gasteiger partial charge on any atom is 0.341 e. The highest BCUT2D eigenvalue weighted by molar-refractivity contribution is 7.15. The highest BCUT2D eigenvalue weighted by Crippen LogP contribution is 2.36. The van der Waals surface area contributed by atoms with Crippen molar-refractivity contribution in [3.05, 3.63) is 70.6 Å². The molecule has 0 unspecified atom stereocenters. The van der Waals surface area contributed by atoms with Gasteiger partial charge in [-0.1, -0.05) is 36.4 Å². The lowest BCUT2D eigenvalue weighted by Gasteiger charge is -2.10. The summed E-state index contributed by atoms with van der Waals surface area (Å²) < 4.78 is 10.8. The first kappa shape index (κ1) is 20.6. The third-order valence-electron chi connectivity index (χ3n) is 4.17. The molecule has 5 nitrogen and oxygen atoms in total. The molecule has 0 aliphatic carbocycles. The quantitative estimate of drug-likeness (QED) is 0.543. The average Bonchev–Trinajstić information content (AvgIpc) is 3.10. The second-order valence-electron chi connectivity index (χ2n) is 6.60. The molecule has 1 aromatic heterocycles. The van der Waals surface area contributed by atoms with E-state index < -0.39 is 5.97 Å². The van der Waals surface area contributed by atoms with Crippen molar-refractivity contribution in [2.45, 2.75) is 20.8 Å². The van der Waals surface area contributed by atoms with E-state index in [0.29, 0.717) is 16.3 Å². The van der Waals surface area contributed by atoms with Gasteiger partial charge >= 0.3 is 5.97 Å². The zero-order valence-corrected chi connectivity index (χ0v) is 17.5. The van der Waals surface area contributed by atoms with Crippen molar-refractivity contribution < 1.29 is 19.1 Å². The zero-order valence-electron chi connectivity index (χ0n) is 16.7. The largest absolute Gasteiger partial charge is 0.484 e. The van der Waals surface area contributed by atoms with E-state index in [2.05, 4.69) is 5.32 Å². The Bertz CT molecular complexity index is 991. The fourth-order valence-electron chi connectivity index (χ4n) is 3.01. The lowest BCUT2D eigenvalue weighted by Crippen LogP contribution is -2.21. The second-order valence-corrected chi connectivity index (χ2v) is 7.48. The van der Waals surface area contributed by atoms with Crippen LogP contribution in [0.1, 0.15) is 28.4 Å². The van der Waals surface area contributed by atoms with Crippen molar-refractivity contribution in [3.63, 3.8) is 0 Å². The third-order valence-corrected chi connectivity index (χ3v) is 5.07. The van der Waals surface area contributed by atoms with Gasteiger partial charge in [0.15, 0.2) is 6.61 Å². The van der Waals surface area contributed by atoms with Crippen molar-refractivity contribution >= 4 is 28.2 Å². The van der Waals surface area contributed by atoms with Gasteiger partial charge in [-0.2, -0.15) is 0 Å². The molecular weight excluding hydrogens is 386 g/mol. The molecule has 1 N–H and O–H groups in total. The van der Waals surface area contributed by atoms with Crippen LogP contribution in [0, 0.1) is 13.8 Å². The van der Waals surface area contributed by atoms with Gasteiger partial charge in [-0.15, -0.1) is 11.3 Å². The first-order valence-corrected chi connectivity index (χ1v) is 10.2. The molecule has 29 heavy (non-hydrogen) atoms. The van der Waals surface area contributed by atoms with E-state index in [4.69, 9.17) is 9.47 Å². The van der Waals surface area contributed by atoms with Crippen LogP contribution in [-0.4, -0.2) is 25.1 Å². The van der Waals surface area contributed by atoms with E-state index in [-0.39, 0.29) is 19.1 Å². The van der Waals surface area contributed by atoms with Crippen LogP contribution in [0.3, 0.4) is 0 Å². The van der Waals surface area contributed by atoms with Crippen LogP contribution in [0.4, 0.5) is 5.00 Å². The topological polar surface area (TPSA) is 64.6 Å². The summed E-state index contributed by atoms with van der Waals surface area (Å²) in [7, 11) is 0. The van der Waals surface area contributed by atoms with Crippen molar-refractivity contribution in [2.24, 2.45) is 0 Å². The molecule has 0 aliphatic heterocycles. The molecule has 150 valence electrons. The van der Waals surface area contributed by atoms with Gasteiger partial charge < -0.3 is 14.8 Å². The van der Waals surface area contributed by atoms with Crippen LogP contribution in [0.5, 0.6) is 5.75 Å². The Hall–Kier alpha value is -3.12. The number of nitrogens with one attached hydrogen (secondary N) is 1. The maximum absolute atomic E-state index is 12.6. The van der Waals surface area contributed by atoms with Crippen LogP contribution in [-0.2, 0) is 9.53 Å². The number of thiophene rings is 1. The number of anilines is 1. The number of hydrogen-bond donors (Lipinski definition) is 1. The van der Waals surface area contributed by atoms with Gasteiger partial charge in [0, 0.05) is 10.9 Å². The molecule has 0 atom stereocenters. The predicted molar refractivity (Wildman–Crippen MR) is 116 cm³/mol. The van der Waals surface area contributed by atoms with Gasteiger partial charge in [0.05, 0.1) is 6.61 Å². The van der Waals surface area contributed by atoms with Gasteiger partial charge in [-0.25, -0.2) is 4.79 Å². The monoisotopic (exact) mass is 409 g/mol. The Morgan fingerprint density at radius 1 is 1.03 bits per heavy atom. The number of carbonyl (C=O) groups excluding carboxylic acids is 2. The predicted octanol–water partition coefficient (Wildman–Crippen LogP) is 5.23. The minimum Gasteiger partial charge on any atom is -0.484 e. The summed E-state index contributed by atoms with van der Waals surface area (Å²) in [5.74, 6) is -0.159. The first-order valence-electron chi connectivity index (χ1n) is 9.33. The molecule has 0 bridgehead atoms. The molecule has 0 saturated carbocycles. The van der Waals surface area contributed by atoms with E-state index in [1.54, 1.807) is 6.92 Å². The molecular formula is C23H23NO4S. The highest BCUT2D eigenvalue weighted by Gasteiger charge is 2.22. The number of ether oxygens (including phenoxy) is 2. The molecule has 0 saturated heterocycles. The fraction of sp³-hybridized carbons (Fsp3) is 0.217. The Balaban J connectivity index is 1.78. The maximum atomic E-state index is 12.6. The van der Waals surface area contributed by atoms with Crippen molar-refractivity contribution in [1.29, 1.82) is 0 Å². The summed E-state index contributed by atoms with van der Waals surface area (Å²) in [4.78, 5) is 25.0. The summed E-state index contributed by atoms with van der Waals surface area (Å²) in [5, 5.41) is 5.10. The third kappa shape index (κ3) is 5.23. The molecule has 0 spiro atoms. The number of amides is 1. The summed E-state index contributed by atoms with van der Waals surface area (Å²) in [6.07, 6.45) is 0. The summed E-state index contributed by atoms with van der Waals surface area (Å²) in [5.41, 5.74) is 4.12. The number of hydrogen-bond acceptors (Lipinski definition) is 5. The van der Waals surface area contributed by atoms with E-state index in [1.165, 1.54) is 11.3 Å². The van der Waals surface area contributed by atoms with Gasteiger partial charge in [0.1, 0.15) is 16.3 Å². The number of benzene rings is 2. The lowest BCUT2D eigenvalue weighted by atomic mass is 10.0. The molecule has 0 fully saturated rings. The van der Waals surface area contributed by atoms with Gasteiger partial charge in [-0.05, 0) is 49.6 Å². The Kier molecular flexibility index (Phi) is 6.67. The molecule has 2 aromatic carbocycles. The van der Waals surface area contributed by atoms with Crippen molar-refractivity contribution in [2.75, 3.05) is 18.5 Å². The Labute approximate surface area is 174 Å². The first-order chi connectivity index (χ1) is 14.0. The van der Waals surface area contributed by atoms with Crippen LogP contribution in [0.15, 0.2) is 53.9 Å². The van der Waals surface area contributed by atoms with Crippen molar-refractivity contribution in [1.82, 2.24) is 0 Å². The van der Waals surface area contributed by atoms with Crippen LogP contribution < -0.4 is 10.1 Å². The smallest absolute Gasteiger partial charge is 0.341 e. The highest BCUT2D eigenvalue weighted by atomic mass is 32.1. The molecule has 0 aliphatic rings. The number of rotatable bonds is 7. The van der Waals surface area contributed by atoms with E-state index in [0.717, 1.165) is 22.3 Å². The molecule has 3 aromatic rings. The van der Waals surface area contributed by atoms with Crippen LogP contribution in [0.25, 0.3) is 11.1 Å². The number of aryl methyl sites for hydroxylation is 2. The number of esters is 1. The zero-order chi connectivity index (χ0) is 20.8. The standard InChI is InChI=1S/C23H23NO4S/c1-4-27-23(26)21-19(17-8-6-5-7-9-17)14-29-22(21)24-20(25)13-28-18-11-15(2)10-16(3)12-18/h5-12,14H,4,13H2,1-3H3,(H,24,25). The molecule has 1 heterocycles. The van der Waals surface area contributed by atoms with E-state index in [1.807, 2.05) is 67.8 Å². The SMILES string of the molecule is CCOC(=O)c1c(-c2ccccc2)csc1NC(=O)COc1cc(C)cc(C)c1. The van der Waals surface area contributed by atoms with Crippen molar-refractivity contribution in [3.8, 4) is 16.9 Å².